The van der Waals surface area contributed by atoms with Crippen LogP contribution in [0.4, 0.5) is 4.79 Å². The number of aromatic nitrogens is 3. The highest BCUT2D eigenvalue weighted by molar-refractivity contribution is 6.34. The Hall–Kier alpha value is -2.77. The summed E-state index contributed by atoms with van der Waals surface area (Å²) in [6.45, 7) is 6.01. The summed E-state index contributed by atoms with van der Waals surface area (Å²) in [4.78, 5) is 12.5. The molecule has 0 saturated heterocycles. The fourth-order valence-corrected chi connectivity index (χ4v) is 3.57. The molecular formula is C22H26ClN3O4. The van der Waals surface area contributed by atoms with Crippen LogP contribution in [0.2, 0.25) is 5.02 Å². The minimum atomic E-state index is -0.791. The number of benzene rings is 1. The van der Waals surface area contributed by atoms with Crippen LogP contribution in [0.15, 0.2) is 36.7 Å². The van der Waals surface area contributed by atoms with Crippen molar-refractivity contribution in [2.45, 2.75) is 39.3 Å². The lowest BCUT2D eigenvalue weighted by Gasteiger charge is -2.17. The summed E-state index contributed by atoms with van der Waals surface area (Å²) in [5, 5.41) is 14.9. The van der Waals surface area contributed by atoms with Gasteiger partial charge in [0.1, 0.15) is 5.75 Å². The third-order valence-corrected chi connectivity index (χ3v) is 5.39. The van der Waals surface area contributed by atoms with E-state index < -0.39 is 11.7 Å². The highest BCUT2D eigenvalue weighted by atomic mass is 35.5. The molecule has 0 aliphatic heterocycles. The van der Waals surface area contributed by atoms with Crippen molar-refractivity contribution in [2.75, 3.05) is 14.2 Å². The molecule has 0 atom stereocenters. The van der Waals surface area contributed by atoms with Gasteiger partial charge in [-0.2, -0.15) is 5.10 Å². The molecule has 2 heterocycles. The number of carbonyl (C=O) groups excluding carboxylic acids is 1. The smallest absolute Gasteiger partial charge is 0.418 e. The molecule has 0 saturated carbocycles. The van der Waals surface area contributed by atoms with Crippen molar-refractivity contribution >= 4 is 17.7 Å². The lowest BCUT2D eigenvalue weighted by Crippen LogP contribution is -2.21. The van der Waals surface area contributed by atoms with Crippen molar-refractivity contribution in [1.82, 2.24) is 14.3 Å². The Balaban J connectivity index is 2.08. The van der Waals surface area contributed by atoms with Crippen LogP contribution < -0.4 is 4.74 Å². The van der Waals surface area contributed by atoms with Gasteiger partial charge >= 0.3 is 6.09 Å². The van der Waals surface area contributed by atoms with E-state index in [4.69, 9.17) is 21.1 Å². The second-order valence-electron chi connectivity index (χ2n) is 7.71. The molecule has 0 radical (unpaired) electrons. The first-order valence-corrected chi connectivity index (χ1v) is 9.93. The van der Waals surface area contributed by atoms with Crippen LogP contribution in [0, 0.1) is 6.92 Å². The molecule has 0 spiro atoms. The van der Waals surface area contributed by atoms with Crippen molar-refractivity contribution in [2.24, 2.45) is 0 Å². The summed E-state index contributed by atoms with van der Waals surface area (Å²) in [6.07, 6.45) is 3.44. The van der Waals surface area contributed by atoms with E-state index in [9.17, 15) is 9.90 Å². The Kier molecular flexibility index (Phi) is 6.24. The fourth-order valence-electron chi connectivity index (χ4n) is 3.26. The Morgan fingerprint density at radius 1 is 1.27 bits per heavy atom. The number of carbonyl (C=O) groups is 1. The summed E-state index contributed by atoms with van der Waals surface area (Å²) in [7, 11) is 2.89. The summed E-state index contributed by atoms with van der Waals surface area (Å²) in [5.74, 6) is 0.553. The third-order valence-electron chi connectivity index (χ3n) is 5.00. The molecule has 1 aromatic carbocycles. The topological polar surface area (TPSA) is 78.5 Å². The molecule has 1 N–H and O–H groups in total. The van der Waals surface area contributed by atoms with E-state index in [1.165, 1.54) is 11.7 Å². The molecule has 0 bridgehead atoms. The van der Waals surface area contributed by atoms with Gasteiger partial charge in [0.05, 0.1) is 36.7 Å². The predicted molar refractivity (Wildman–Crippen MR) is 116 cm³/mol. The average Bonchev–Trinajstić information content (AvgIpc) is 3.29. The molecule has 0 fully saturated rings. The van der Waals surface area contributed by atoms with Gasteiger partial charge in [-0.05, 0) is 39.3 Å². The number of hydrogen-bond donors (Lipinski definition) is 1. The number of aryl methyl sites for hydroxylation is 1. The van der Waals surface area contributed by atoms with E-state index in [1.807, 2.05) is 29.8 Å². The van der Waals surface area contributed by atoms with Crippen LogP contribution in [0.3, 0.4) is 0 Å². The van der Waals surface area contributed by atoms with Gasteiger partial charge in [0.25, 0.3) is 0 Å². The molecule has 160 valence electrons. The SMILES string of the molecule is COC(=O)n1cc(-c2cccc(OC)c2Cl)cc1-c1cnn(CCC(C)(C)O)c1C. The highest BCUT2D eigenvalue weighted by Gasteiger charge is 2.21. The van der Waals surface area contributed by atoms with Crippen LogP contribution in [-0.2, 0) is 11.3 Å². The molecule has 0 aliphatic carbocycles. The van der Waals surface area contributed by atoms with E-state index in [-0.39, 0.29) is 0 Å². The number of methoxy groups -OCH3 is 2. The van der Waals surface area contributed by atoms with Gasteiger partial charge in [0, 0.05) is 35.1 Å². The van der Waals surface area contributed by atoms with Crippen LogP contribution in [0.1, 0.15) is 26.0 Å². The van der Waals surface area contributed by atoms with Crippen molar-refractivity contribution in [3.05, 3.63) is 47.4 Å². The van der Waals surface area contributed by atoms with Gasteiger partial charge in [-0.3, -0.25) is 9.25 Å². The van der Waals surface area contributed by atoms with Gasteiger partial charge < -0.3 is 14.6 Å². The highest BCUT2D eigenvalue weighted by Crippen LogP contribution is 2.38. The van der Waals surface area contributed by atoms with Crippen molar-refractivity contribution in [3.8, 4) is 28.1 Å². The monoisotopic (exact) mass is 431 g/mol. The first-order chi connectivity index (χ1) is 14.2. The molecule has 7 nitrogen and oxygen atoms in total. The number of halogens is 1. The molecule has 30 heavy (non-hydrogen) atoms. The average molecular weight is 432 g/mol. The van der Waals surface area contributed by atoms with Gasteiger partial charge in [0.2, 0.25) is 0 Å². The van der Waals surface area contributed by atoms with Gasteiger partial charge in [0.15, 0.2) is 0 Å². The van der Waals surface area contributed by atoms with Gasteiger partial charge in [-0.25, -0.2) is 4.79 Å². The summed E-state index contributed by atoms with van der Waals surface area (Å²) >= 11 is 6.49. The molecule has 8 heteroatoms. The number of rotatable bonds is 6. The normalized spacial score (nSPS) is 11.6. The lowest BCUT2D eigenvalue weighted by atomic mass is 10.1. The first kappa shape index (κ1) is 21.9. The van der Waals surface area contributed by atoms with Crippen LogP contribution >= 0.6 is 11.6 Å². The number of aliphatic hydroxyl groups is 1. The van der Waals surface area contributed by atoms with Crippen molar-refractivity contribution in [3.63, 3.8) is 0 Å². The minimum absolute atomic E-state index is 0.464. The Labute approximate surface area is 180 Å². The summed E-state index contributed by atoms with van der Waals surface area (Å²) < 4.78 is 13.5. The van der Waals surface area contributed by atoms with E-state index in [1.54, 1.807) is 39.4 Å². The quantitative estimate of drug-likeness (QED) is 0.608. The van der Waals surface area contributed by atoms with Crippen molar-refractivity contribution in [1.29, 1.82) is 0 Å². The van der Waals surface area contributed by atoms with E-state index >= 15 is 0 Å². The molecule has 3 rings (SSSR count). The van der Waals surface area contributed by atoms with Crippen molar-refractivity contribution < 1.29 is 19.4 Å². The fraction of sp³-hybridized carbons (Fsp3) is 0.364. The number of ether oxygens (including phenoxy) is 2. The minimum Gasteiger partial charge on any atom is -0.495 e. The standard InChI is InChI=1S/C22H26ClN3O4/c1-14-17(12-24-26(14)10-9-22(2,3)28)18-11-15(13-25(18)21(27)30-5)16-7-6-8-19(29-4)20(16)23/h6-8,11-13,28H,9-10H2,1-5H3. The second kappa shape index (κ2) is 8.53. The van der Waals surface area contributed by atoms with Gasteiger partial charge in [-0.1, -0.05) is 23.7 Å². The largest absolute Gasteiger partial charge is 0.495 e. The summed E-state index contributed by atoms with van der Waals surface area (Å²) in [6, 6.07) is 7.36. The van der Waals surface area contributed by atoms with E-state index in [0.29, 0.717) is 29.4 Å². The summed E-state index contributed by atoms with van der Waals surface area (Å²) in [5.41, 5.74) is 3.02. The first-order valence-electron chi connectivity index (χ1n) is 9.55. The second-order valence-corrected chi connectivity index (χ2v) is 8.08. The van der Waals surface area contributed by atoms with Crippen LogP contribution in [0.5, 0.6) is 5.75 Å². The molecule has 0 aliphatic rings. The maximum atomic E-state index is 12.5. The third kappa shape index (κ3) is 4.37. The Morgan fingerprint density at radius 3 is 2.63 bits per heavy atom. The molecule has 2 aromatic heterocycles. The molecular weight excluding hydrogens is 406 g/mol. The van der Waals surface area contributed by atoms with Crippen LogP contribution in [-0.4, -0.2) is 45.4 Å². The zero-order chi connectivity index (χ0) is 22.1. The maximum absolute atomic E-state index is 12.5. The predicted octanol–water partition coefficient (Wildman–Crippen LogP) is 4.76. The zero-order valence-corrected chi connectivity index (χ0v) is 18.5. The molecule has 0 amide bonds. The zero-order valence-electron chi connectivity index (χ0n) is 17.8. The van der Waals surface area contributed by atoms with Gasteiger partial charge in [-0.15, -0.1) is 0 Å². The Bertz CT molecular complexity index is 1060. The number of nitrogens with zero attached hydrogens (tertiary/aromatic N) is 3. The van der Waals surface area contributed by atoms with E-state index in [2.05, 4.69) is 5.10 Å². The molecule has 0 unspecified atom stereocenters. The van der Waals surface area contributed by atoms with E-state index in [0.717, 1.165) is 22.4 Å². The maximum Gasteiger partial charge on any atom is 0.418 e. The molecule has 3 aromatic rings. The number of hydrogen-bond acceptors (Lipinski definition) is 5. The van der Waals surface area contributed by atoms with Crippen LogP contribution in [0.25, 0.3) is 22.4 Å². The lowest BCUT2D eigenvalue weighted by molar-refractivity contribution is 0.0649. The Morgan fingerprint density at radius 2 is 2.00 bits per heavy atom.